The molecular weight excluding hydrogens is 396 g/mol. The smallest absolute Gasteiger partial charge is 0.306 e. The second-order valence-electron chi connectivity index (χ2n) is 6.03. The average Bonchev–Trinajstić information content (AvgIpc) is 3.21. The molecule has 0 bridgehead atoms. The summed E-state index contributed by atoms with van der Waals surface area (Å²) in [5.41, 5.74) is 0.567. The van der Waals surface area contributed by atoms with Gasteiger partial charge in [-0.3, -0.25) is 9.78 Å². The van der Waals surface area contributed by atoms with E-state index < -0.39 is 17.7 Å². The number of β-amino-alcohol motifs (C(OH)–C–C–N with tert-alkyl or cyclic N) is 1. The molecule has 1 aromatic carbocycles. The van der Waals surface area contributed by atoms with Crippen LogP contribution in [-0.2, 0) is 5.75 Å². The standard InChI is InChI=1S/C16H15F2N5O2S2/c17-8-3-1-2-7(11(8)18)6-26-15-21-13(20-9-4-19-5-10(9)24)12-14(22-15)23-16(25)27-12/h1-3,9-10,19,24H,4-6H2,(H2,20,21,22,23,25). The van der Waals surface area contributed by atoms with Crippen molar-refractivity contribution in [3.63, 3.8) is 0 Å². The van der Waals surface area contributed by atoms with Gasteiger partial charge in [0.15, 0.2) is 28.3 Å². The quantitative estimate of drug-likeness (QED) is 0.374. The molecule has 142 valence electrons. The summed E-state index contributed by atoms with van der Waals surface area (Å²) >= 11 is 2.10. The number of aromatic amines is 1. The van der Waals surface area contributed by atoms with Crippen LogP contribution in [0.15, 0.2) is 28.2 Å². The zero-order chi connectivity index (χ0) is 19.0. The van der Waals surface area contributed by atoms with Crippen LogP contribution in [-0.4, -0.2) is 45.3 Å². The summed E-state index contributed by atoms with van der Waals surface area (Å²) in [6.45, 7) is 1.03. The minimum absolute atomic E-state index is 0.135. The van der Waals surface area contributed by atoms with Gasteiger partial charge < -0.3 is 15.7 Å². The van der Waals surface area contributed by atoms with E-state index in [2.05, 4.69) is 25.6 Å². The Morgan fingerprint density at radius 3 is 2.96 bits per heavy atom. The van der Waals surface area contributed by atoms with Gasteiger partial charge in [0.05, 0.1) is 12.1 Å². The molecule has 0 amide bonds. The lowest BCUT2D eigenvalue weighted by atomic mass is 10.2. The third kappa shape index (κ3) is 3.81. The molecule has 0 radical (unpaired) electrons. The third-order valence-electron chi connectivity index (χ3n) is 4.15. The van der Waals surface area contributed by atoms with Crippen LogP contribution < -0.4 is 15.5 Å². The molecule has 3 heterocycles. The first-order valence-electron chi connectivity index (χ1n) is 8.13. The lowest BCUT2D eigenvalue weighted by molar-refractivity contribution is 0.185. The second kappa shape index (κ2) is 7.50. The van der Waals surface area contributed by atoms with Crippen LogP contribution in [0, 0.1) is 11.6 Å². The lowest BCUT2D eigenvalue weighted by Crippen LogP contribution is -2.32. The molecule has 0 aliphatic carbocycles. The van der Waals surface area contributed by atoms with E-state index in [1.807, 2.05) is 0 Å². The van der Waals surface area contributed by atoms with Gasteiger partial charge in [-0.15, -0.1) is 0 Å². The van der Waals surface area contributed by atoms with Gasteiger partial charge in [0.1, 0.15) is 4.70 Å². The fourth-order valence-corrected chi connectivity index (χ4v) is 4.33. The van der Waals surface area contributed by atoms with Gasteiger partial charge in [0.2, 0.25) is 0 Å². The number of thioether (sulfide) groups is 1. The summed E-state index contributed by atoms with van der Waals surface area (Å²) in [4.78, 5) is 22.8. The van der Waals surface area contributed by atoms with E-state index in [0.717, 1.165) is 29.2 Å². The molecule has 11 heteroatoms. The molecule has 0 saturated carbocycles. The molecule has 3 aromatic rings. The van der Waals surface area contributed by atoms with Crippen molar-refractivity contribution < 1.29 is 13.9 Å². The van der Waals surface area contributed by atoms with Crippen molar-refractivity contribution in [1.82, 2.24) is 20.3 Å². The summed E-state index contributed by atoms with van der Waals surface area (Å²) in [5, 5.41) is 16.5. The maximum atomic E-state index is 13.8. The number of H-pyrrole nitrogens is 1. The zero-order valence-corrected chi connectivity index (χ0v) is 15.5. The number of fused-ring (bicyclic) bond motifs is 1. The summed E-state index contributed by atoms with van der Waals surface area (Å²) in [5.74, 6) is -1.24. The van der Waals surface area contributed by atoms with Crippen LogP contribution in [0.25, 0.3) is 10.3 Å². The van der Waals surface area contributed by atoms with E-state index in [1.165, 1.54) is 12.1 Å². The molecule has 1 aliphatic rings. The van der Waals surface area contributed by atoms with Crippen LogP contribution in [0.1, 0.15) is 5.56 Å². The lowest BCUT2D eigenvalue weighted by Gasteiger charge is -2.16. The molecular formula is C16H15F2N5O2S2. The highest BCUT2D eigenvalue weighted by atomic mass is 32.2. The number of nitrogens with one attached hydrogen (secondary N) is 3. The van der Waals surface area contributed by atoms with Crippen molar-refractivity contribution >= 4 is 39.3 Å². The number of halogens is 2. The van der Waals surface area contributed by atoms with Gasteiger partial charge in [-0.2, -0.15) is 0 Å². The number of anilines is 1. The monoisotopic (exact) mass is 411 g/mol. The summed E-state index contributed by atoms with van der Waals surface area (Å²) < 4.78 is 27.7. The maximum absolute atomic E-state index is 13.8. The number of aliphatic hydroxyl groups is 1. The van der Waals surface area contributed by atoms with Crippen LogP contribution in [0.3, 0.4) is 0 Å². The number of benzene rings is 1. The Labute approximate surface area is 160 Å². The van der Waals surface area contributed by atoms with Gasteiger partial charge >= 0.3 is 4.87 Å². The maximum Gasteiger partial charge on any atom is 0.306 e. The van der Waals surface area contributed by atoms with Crippen LogP contribution in [0.5, 0.6) is 0 Å². The van der Waals surface area contributed by atoms with E-state index in [9.17, 15) is 18.7 Å². The highest BCUT2D eigenvalue weighted by Crippen LogP contribution is 2.28. The van der Waals surface area contributed by atoms with E-state index in [0.29, 0.717) is 34.4 Å². The first-order valence-corrected chi connectivity index (χ1v) is 9.93. The molecule has 2 aromatic heterocycles. The van der Waals surface area contributed by atoms with E-state index >= 15 is 0 Å². The number of hydrogen-bond acceptors (Lipinski definition) is 8. The van der Waals surface area contributed by atoms with E-state index in [4.69, 9.17) is 0 Å². The van der Waals surface area contributed by atoms with E-state index in [-0.39, 0.29) is 22.2 Å². The predicted molar refractivity (Wildman–Crippen MR) is 100 cm³/mol. The Hall–Kier alpha value is -2.08. The minimum Gasteiger partial charge on any atom is -0.390 e. The second-order valence-corrected chi connectivity index (χ2v) is 7.95. The number of aromatic nitrogens is 3. The largest absolute Gasteiger partial charge is 0.390 e. The van der Waals surface area contributed by atoms with Crippen LogP contribution in [0.4, 0.5) is 14.6 Å². The molecule has 7 nitrogen and oxygen atoms in total. The molecule has 2 atom stereocenters. The Bertz CT molecular complexity index is 1040. The van der Waals surface area contributed by atoms with Gasteiger partial charge in [-0.25, -0.2) is 18.7 Å². The number of rotatable bonds is 5. The summed E-state index contributed by atoms with van der Waals surface area (Å²) in [7, 11) is 0. The summed E-state index contributed by atoms with van der Waals surface area (Å²) in [6.07, 6.45) is -0.580. The molecule has 4 rings (SSSR count). The van der Waals surface area contributed by atoms with Crippen molar-refractivity contribution in [2.24, 2.45) is 0 Å². The molecule has 1 fully saturated rings. The van der Waals surface area contributed by atoms with Crippen molar-refractivity contribution in [1.29, 1.82) is 0 Å². The Morgan fingerprint density at radius 1 is 1.33 bits per heavy atom. The minimum atomic E-state index is -0.906. The van der Waals surface area contributed by atoms with Crippen molar-refractivity contribution in [2.75, 3.05) is 18.4 Å². The average molecular weight is 411 g/mol. The molecule has 2 unspecified atom stereocenters. The van der Waals surface area contributed by atoms with Crippen molar-refractivity contribution in [3.05, 3.63) is 45.1 Å². The topological polar surface area (TPSA) is 103 Å². The zero-order valence-electron chi connectivity index (χ0n) is 13.8. The molecule has 4 N–H and O–H groups in total. The Balaban J connectivity index is 1.62. The Kier molecular flexibility index (Phi) is 5.08. The van der Waals surface area contributed by atoms with Gasteiger partial charge in [0, 0.05) is 24.4 Å². The molecule has 0 spiro atoms. The number of nitrogens with zero attached hydrogens (tertiary/aromatic N) is 2. The fourth-order valence-electron chi connectivity index (χ4n) is 2.78. The predicted octanol–water partition coefficient (Wildman–Crippen LogP) is 1.69. The summed E-state index contributed by atoms with van der Waals surface area (Å²) in [6, 6.07) is 3.75. The SMILES string of the molecule is O=c1[nH]c2nc(SCc3cccc(F)c3F)nc(NC3CNCC3O)c2s1. The molecule has 1 aliphatic heterocycles. The molecule has 27 heavy (non-hydrogen) atoms. The third-order valence-corrected chi connectivity index (χ3v) is 5.93. The van der Waals surface area contributed by atoms with E-state index in [1.54, 1.807) is 0 Å². The molecule has 1 saturated heterocycles. The Morgan fingerprint density at radius 2 is 2.19 bits per heavy atom. The van der Waals surface area contributed by atoms with Crippen molar-refractivity contribution in [2.45, 2.75) is 23.1 Å². The van der Waals surface area contributed by atoms with Gasteiger partial charge in [-0.05, 0) is 6.07 Å². The van der Waals surface area contributed by atoms with Crippen molar-refractivity contribution in [3.8, 4) is 0 Å². The van der Waals surface area contributed by atoms with Crippen LogP contribution in [0.2, 0.25) is 0 Å². The fraction of sp³-hybridized carbons (Fsp3) is 0.312. The number of thiazole rings is 1. The highest BCUT2D eigenvalue weighted by Gasteiger charge is 2.26. The van der Waals surface area contributed by atoms with Gasteiger partial charge in [0.25, 0.3) is 0 Å². The first kappa shape index (κ1) is 18.3. The van der Waals surface area contributed by atoms with Gasteiger partial charge in [-0.1, -0.05) is 35.2 Å². The number of hydrogen-bond donors (Lipinski definition) is 4. The number of aliphatic hydroxyl groups excluding tert-OH is 1. The normalized spacial score (nSPS) is 19.7. The first-order chi connectivity index (χ1) is 13.0. The van der Waals surface area contributed by atoms with Crippen LogP contribution >= 0.6 is 23.1 Å². The highest BCUT2D eigenvalue weighted by molar-refractivity contribution is 7.98.